The Balaban J connectivity index is 1.53. The van der Waals surface area contributed by atoms with E-state index >= 15 is 0 Å². The van der Waals surface area contributed by atoms with Crippen molar-refractivity contribution < 1.29 is 18.0 Å². The number of alkyl halides is 3. The molecule has 6 nitrogen and oxygen atoms in total. The highest BCUT2D eigenvalue weighted by Crippen LogP contribution is 2.31. The smallest absolute Gasteiger partial charge is 0.317 e. The second-order valence-electron chi connectivity index (χ2n) is 6.73. The van der Waals surface area contributed by atoms with Gasteiger partial charge in [-0.05, 0) is 47.9 Å². The van der Waals surface area contributed by atoms with Crippen molar-refractivity contribution in [3.63, 3.8) is 0 Å². The van der Waals surface area contributed by atoms with Gasteiger partial charge in [0.25, 0.3) is 5.91 Å². The molecule has 0 radical (unpaired) electrons. The van der Waals surface area contributed by atoms with E-state index < -0.39 is 17.6 Å². The van der Waals surface area contributed by atoms with Crippen LogP contribution in [0.25, 0.3) is 11.8 Å². The van der Waals surface area contributed by atoms with Crippen molar-refractivity contribution in [2.75, 3.05) is 5.32 Å². The van der Waals surface area contributed by atoms with Crippen molar-refractivity contribution in [1.29, 1.82) is 5.26 Å². The van der Waals surface area contributed by atoms with Crippen LogP contribution < -0.4 is 5.32 Å². The van der Waals surface area contributed by atoms with Crippen LogP contribution in [0.4, 0.5) is 18.3 Å². The van der Waals surface area contributed by atoms with Gasteiger partial charge in [0.15, 0.2) is 0 Å². The molecule has 0 saturated heterocycles. The first-order chi connectivity index (χ1) is 15.8. The van der Waals surface area contributed by atoms with E-state index in [9.17, 15) is 23.2 Å². The van der Waals surface area contributed by atoms with Gasteiger partial charge in [0.2, 0.25) is 5.13 Å². The minimum atomic E-state index is -4.49. The number of carbonyl (C=O) groups excluding carboxylic acids is 1. The second kappa shape index (κ2) is 9.40. The van der Waals surface area contributed by atoms with Gasteiger partial charge in [0.1, 0.15) is 16.6 Å². The summed E-state index contributed by atoms with van der Waals surface area (Å²) < 4.78 is 40.7. The van der Waals surface area contributed by atoms with Gasteiger partial charge in [-0.2, -0.15) is 18.4 Å². The fraction of sp³-hybridized carbons (Fsp3) is 0.0909. The maximum absolute atomic E-state index is 13.1. The van der Waals surface area contributed by atoms with E-state index in [2.05, 4.69) is 15.5 Å². The van der Waals surface area contributed by atoms with Gasteiger partial charge in [-0.15, -0.1) is 21.5 Å². The van der Waals surface area contributed by atoms with Crippen molar-refractivity contribution in [2.45, 2.75) is 12.6 Å². The van der Waals surface area contributed by atoms with Gasteiger partial charge >= 0.3 is 6.18 Å². The zero-order valence-electron chi connectivity index (χ0n) is 16.7. The molecule has 4 rings (SSSR count). The van der Waals surface area contributed by atoms with E-state index in [4.69, 9.17) is 0 Å². The summed E-state index contributed by atoms with van der Waals surface area (Å²) in [6.07, 6.45) is -1.03. The Kier molecular flexibility index (Phi) is 6.39. The third kappa shape index (κ3) is 5.36. The van der Waals surface area contributed by atoms with E-state index in [1.807, 2.05) is 23.6 Å². The molecular weight excluding hydrogens is 471 g/mol. The van der Waals surface area contributed by atoms with Crippen molar-refractivity contribution in [1.82, 2.24) is 14.8 Å². The fourth-order valence-electron chi connectivity index (χ4n) is 2.98. The number of benzene rings is 1. The topological polar surface area (TPSA) is 83.6 Å². The molecule has 0 bridgehead atoms. The normalized spacial score (nSPS) is 11.9. The van der Waals surface area contributed by atoms with Gasteiger partial charge in [-0.1, -0.05) is 23.5 Å². The van der Waals surface area contributed by atoms with Crippen molar-refractivity contribution in [3.05, 3.63) is 86.8 Å². The summed E-state index contributed by atoms with van der Waals surface area (Å²) in [7, 11) is 0. The predicted octanol–water partition coefficient (Wildman–Crippen LogP) is 5.55. The van der Waals surface area contributed by atoms with Crippen molar-refractivity contribution in [2.24, 2.45) is 0 Å². The SMILES string of the molecule is N#C/C(=C/c1cccn1-c1cccc(C(F)(F)F)c1)C(=O)Nc1nnc(Cc2cccs2)s1. The maximum atomic E-state index is 13.1. The zero-order chi connectivity index (χ0) is 23.4. The first-order valence-corrected chi connectivity index (χ1v) is 11.2. The van der Waals surface area contributed by atoms with Crippen molar-refractivity contribution in [3.8, 4) is 11.8 Å². The molecule has 1 aromatic carbocycles. The lowest BCUT2D eigenvalue weighted by Gasteiger charge is -2.11. The molecule has 0 aliphatic carbocycles. The summed E-state index contributed by atoms with van der Waals surface area (Å²) in [4.78, 5) is 13.7. The summed E-state index contributed by atoms with van der Waals surface area (Å²) in [5, 5.41) is 23.0. The molecule has 166 valence electrons. The number of hydrogen-bond donors (Lipinski definition) is 1. The second-order valence-corrected chi connectivity index (χ2v) is 8.83. The molecule has 0 unspecified atom stereocenters. The lowest BCUT2D eigenvalue weighted by atomic mass is 10.2. The van der Waals surface area contributed by atoms with Gasteiger partial charge in [0.05, 0.1) is 5.56 Å². The molecule has 1 amide bonds. The average Bonchev–Trinajstić information content (AvgIpc) is 3.54. The van der Waals surface area contributed by atoms with Crippen LogP contribution in [0.5, 0.6) is 0 Å². The van der Waals surface area contributed by atoms with Crippen LogP contribution in [0.1, 0.15) is 21.1 Å². The third-order valence-corrected chi connectivity index (χ3v) is 6.20. The molecule has 0 fully saturated rings. The number of rotatable bonds is 6. The molecule has 3 aromatic heterocycles. The van der Waals surface area contributed by atoms with Gasteiger partial charge in [-0.25, -0.2) is 0 Å². The molecule has 33 heavy (non-hydrogen) atoms. The highest BCUT2D eigenvalue weighted by molar-refractivity contribution is 7.15. The Morgan fingerprint density at radius 3 is 2.76 bits per heavy atom. The standard InChI is InChI=1S/C22H14F3N5OS2/c23-22(24,25)15-4-1-5-17(11-15)30-8-2-6-16(30)10-14(13-26)20(31)27-21-29-28-19(33-21)12-18-7-3-9-32-18/h1-11H,12H2,(H,27,29,31)/b14-10-. The number of nitrogens with one attached hydrogen (secondary N) is 1. The lowest BCUT2D eigenvalue weighted by molar-refractivity contribution is -0.137. The maximum Gasteiger partial charge on any atom is 0.416 e. The van der Waals surface area contributed by atoms with Gasteiger partial charge in [0, 0.05) is 28.9 Å². The number of nitrogens with zero attached hydrogens (tertiary/aromatic N) is 4. The minimum absolute atomic E-state index is 0.225. The zero-order valence-corrected chi connectivity index (χ0v) is 18.3. The number of nitriles is 1. The van der Waals surface area contributed by atoms with Gasteiger partial charge in [-0.3, -0.25) is 10.1 Å². The largest absolute Gasteiger partial charge is 0.416 e. The Morgan fingerprint density at radius 2 is 2.03 bits per heavy atom. The Bertz CT molecular complexity index is 1350. The predicted molar refractivity (Wildman–Crippen MR) is 120 cm³/mol. The summed E-state index contributed by atoms with van der Waals surface area (Å²) >= 11 is 2.79. The molecule has 0 saturated carbocycles. The Morgan fingerprint density at radius 1 is 1.18 bits per heavy atom. The highest BCUT2D eigenvalue weighted by atomic mass is 32.1. The number of hydrogen-bond acceptors (Lipinski definition) is 6. The molecule has 0 aliphatic rings. The summed E-state index contributed by atoms with van der Waals surface area (Å²) in [5.41, 5.74) is -0.397. The molecule has 0 spiro atoms. The molecule has 3 heterocycles. The van der Waals surface area contributed by atoms with Crippen LogP contribution in [0.2, 0.25) is 0 Å². The number of thiophene rings is 1. The molecule has 4 aromatic rings. The van der Waals surface area contributed by atoms with Crippen LogP contribution in [-0.2, 0) is 17.4 Å². The van der Waals surface area contributed by atoms with Crippen molar-refractivity contribution >= 4 is 39.8 Å². The number of aromatic nitrogens is 3. The Labute approximate surface area is 194 Å². The van der Waals surface area contributed by atoms with Crippen LogP contribution in [0, 0.1) is 11.3 Å². The van der Waals surface area contributed by atoms with E-state index in [1.54, 1.807) is 29.7 Å². The van der Waals surface area contributed by atoms with Gasteiger partial charge < -0.3 is 4.57 Å². The van der Waals surface area contributed by atoms with E-state index in [1.165, 1.54) is 34.1 Å². The third-order valence-electron chi connectivity index (χ3n) is 4.48. The molecule has 0 atom stereocenters. The quantitative estimate of drug-likeness (QED) is 0.287. The highest BCUT2D eigenvalue weighted by Gasteiger charge is 2.30. The van der Waals surface area contributed by atoms with E-state index in [-0.39, 0.29) is 16.4 Å². The monoisotopic (exact) mass is 485 g/mol. The summed E-state index contributed by atoms with van der Waals surface area (Å²) in [6.45, 7) is 0. The fourth-order valence-corrected chi connectivity index (χ4v) is 4.54. The average molecular weight is 486 g/mol. The minimum Gasteiger partial charge on any atom is -0.317 e. The van der Waals surface area contributed by atoms with Crippen LogP contribution in [-0.4, -0.2) is 20.7 Å². The Hall–Kier alpha value is -3.75. The van der Waals surface area contributed by atoms with E-state index in [0.717, 1.165) is 17.0 Å². The van der Waals surface area contributed by atoms with Crippen LogP contribution in [0.3, 0.4) is 0 Å². The van der Waals surface area contributed by atoms with E-state index in [0.29, 0.717) is 17.1 Å². The molecular formula is C22H14F3N5OS2. The number of halogens is 3. The number of carbonyl (C=O) groups is 1. The number of anilines is 1. The van der Waals surface area contributed by atoms with Crippen LogP contribution >= 0.6 is 22.7 Å². The first kappa shape index (κ1) is 22.4. The summed E-state index contributed by atoms with van der Waals surface area (Å²) in [6, 6.07) is 13.7. The first-order valence-electron chi connectivity index (χ1n) is 9.46. The number of amides is 1. The van der Waals surface area contributed by atoms with Crippen LogP contribution in [0.15, 0.2) is 65.7 Å². The molecule has 0 aliphatic heterocycles. The summed E-state index contributed by atoms with van der Waals surface area (Å²) in [5.74, 6) is -0.687. The molecule has 11 heteroatoms. The lowest BCUT2D eigenvalue weighted by Crippen LogP contribution is -2.13. The molecule has 1 N–H and O–H groups in total.